The molecule has 0 saturated heterocycles. The Hall–Kier alpha value is -0.840. The fourth-order valence-corrected chi connectivity index (χ4v) is 2.49. The molecule has 17 heavy (non-hydrogen) atoms. The number of halogens is 3. The maximum atomic E-state index is 11.8. The zero-order valence-electron chi connectivity index (χ0n) is 8.63. The van der Waals surface area contributed by atoms with E-state index in [2.05, 4.69) is 15.9 Å². The second kappa shape index (κ2) is 4.44. The lowest BCUT2D eigenvalue weighted by atomic mass is 10.2. The van der Waals surface area contributed by atoms with Crippen molar-refractivity contribution in [2.24, 2.45) is 0 Å². The van der Waals surface area contributed by atoms with Gasteiger partial charge in [0.25, 0.3) is 11.8 Å². The number of imide groups is 1. The minimum atomic E-state index is -0.605. The number of carbonyl (C=O) groups is 2. The van der Waals surface area contributed by atoms with Crippen molar-refractivity contribution in [3.8, 4) is 0 Å². The topological polar surface area (TPSA) is 37.4 Å². The van der Waals surface area contributed by atoms with Gasteiger partial charge in [0, 0.05) is 4.47 Å². The number of benzene rings is 1. The summed E-state index contributed by atoms with van der Waals surface area (Å²) in [5.41, 5.74) is 1.43. The van der Waals surface area contributed by atoms with Crippen LogP contribution in [0.25, 0.3) is 0 Å². The van der Waals surface area contributed by atoms with Crippen LogP contribution in [0.5, 0.6) is 0 Å². The number of nitrogens with zero attached hydrogens (tertiary/aromatic N) is 1. The Kier molecular flexibility index (Phi) is 3.30. The second-order valence-corrected chi connectivity index (χ2v) is 5.14. The molecule has 0 bridgehead atoms. The van der Waals surface area contributed by atoms with Crippen molar-refractivity contribution in [1.29, 1.82) is 0 Å². The summed E-state index contributed by atoms with van der Waals surface area (Å²) in [4.78, 5) is 24.5. The van der Waals surface area contributed by atoms with E-state index in [0.29, 0.717) is 10.2 Å². The van der Waals surface area contributed by atoms with Crippen LogP contribution in [0.2, 0.25) is 0 Å². The quantitative estimate of drug-likeness (QED) is 0.739. The highest BCUT2D eigenvalue weighted by molar-refractivity contribution is 9.10. The molecule has 1 aliphatic heterocycles. The first-order valence-corrected chi connectivity index (χ1v) is 6.18. The van der Waals surface area contributed by atoms with Gasteiger partial charge in [-0.3, -0.25) is 9.59 Å². The molecule has 0 aliphatic carbocycles. The molecule has 0 atom stereocenters. The summed E-state index contributed by atoms with van der Waals surface area (Å²) in [6, 6.07) is 5.26. The first kappa shape index (κ1) is 12.6. The minimum Gasteiger partial charge on any atom is -0.267 e. The van der Waals surface area contributed by atoms with Gasteiger partial charge in [-0.25, -0.2) is 4.90 Å². The molecule has 1 aliphatic rings. The van der Waals surface area contributed by atoms with Crippen LogP contribution in [-0.2, 0) is 9.59 Å². The number of rotatable bonds is 1. The van der Waals surface area contributed by atoms with E-state index < -0.39 is 11.8 Å². The van der Waals surface area contributed by atoms with E-state index in [-0.39, 0.29) is 10.1 Å². The summed E-state index contributed by atoms with van der Waals surface area (Å²) in [5.74, 6) is -1.21. The molecule has 0 saturated carbocycles. The molecule has 1 aromatic carbocycles. The molecule has 0 N–H and O–H groups in total. The lowest BCUT2D eigenvalue weighted by Gasteiger charge is -2.16. The smallest absolute Gasteiger partial charge is 0.267 e. The average molecular weight is 335 g/mol. The number of hydrogen-bond acceptors (Lipinski definition) is 2. The van der Waals surface area contributed by atoms with Crippen molar-refractivity contribution in [2.75, 3.05) is 4.90 Å². The number of amides is 2. The number of aryl methyl sites for hydroxylation is 1. The maximum absolute atomic E-state index is 11.8. The van der Waals surface area contributed by atoms with Crippen LogP contribution in [0.4, 0.5) is 5.69 Å². The minimum absolute atomic E-state index is 0.246. The van der Waals surface area contributed by atoms with Gasteiger partial charge in [-0.1, -0.05) is 29.3 Å². The fourth-order valence-electron chi connectivity index (χ4n) is 1.49. The van der Waals surface area contributed by atoms with Gasteiger partial charge in [0.15, 0.2) is 0 Å². The highest BCUT2D eigenvalue weighted by Crippen LogP contribution is 2.35. The number of hydrogen-bond donors (Lipinski definition) is 0. The van der Waals surface area contributed by atoms with Crippen LogP contribution in [-0.4, -0.2) is 11.8 Å². The summed E-state index contributed by atoms with van der Waals surface area (Å²) in [6.45, 7) is 1.90. The molecule has 0 aromatic heterocycles. The monoisotopic (exact) mass is 333 g/mol. The van der Waals surface area contributed by atoms with E-state index in [0.717, 1.165) is 10.5 Å². The lowest BCUT2D eigenvalue weighted by molar-refractivity contribution is -0.120. The molecule has 2 amide bonds. The van der Waals surface area contributed by atoms with E-state index in [1.165, 1.54) is 0 Å². The molecule has 0 unspecified atom stereocenters. The maximum Gasteiger partial charge on any atom is 0.278 e. The van der Waals surface area contributed by atoms with Crippen molar-refractivity contribution in [3.05, 3.63) is 38.3 Å². The Labute approximate surface area is 116 Å². The molecule has 6 heteroatoms. The van der Waals surface area contributed by atoms with Gasteiger partial charge in [-0.05, 0) is 40.5 Å². The summed E-state index contributed by atoms with van der Waals surface area (Å²) in [5, 5.41) is -0.492. The largest absolute Gasteiger partial charge is 0.278 e. The predicted molar refractivity (Wildman–Crippen MR) is 70.1 cm³/mol. The highest BCUT2D eigenvalue weighted by Gasteiger charge is 2.38. The van der Waals surface area contributed by atoms with Gasteiger partial charge in [0.1, 0.15) is 10.1 Å². The van der Waals surface area contributed by atoms with Crippen LogP contribution in [0, 0.1) is 6.92 Å². The Morgan fingerprint density at radius 2 is 1.65 bits per heavy atom. The third-order valence-corrected chi connectivity index (χ3v) is 3.75. The number of carbonyl (C=O) groups excluding carboxylic acids is 2. The van der Waals surface area contributed by atoms with Gasteiger partial charge in [0.2, 0.25) is 0 Å². The molecule has 88 valence electrons. The van der Waals surface area contributed by atoms with Crippen LogP contribution >= 0.6 is 39.1 Å². The molecule has 1 heterocycles. The summed E-state index contributed by atoms with van der Waals surface area (Å²) in [7, 11) is 0. The third-order valence-electron chi connectivity index (χ3n) is 2.32. The Balaban J connectivity index is 2.50. The fraction of sp³-hybridized carbons (Fsp3) is 0.0909. The molecule has 0 fully saturated rings. The lowest BCUT2D eigenvalue weighted by Crippen LogP contribution is -2.31. The summed E-state index contributed by atoms with van der Waals surface area (Å²) < 4.78 is 0.634. The van der Waals surface area contributed by atoms with E-state index in [4.69, 9.17) is 23.2 Å². The van der Waals surface area contributed by atoms with Crippen molar-refractivity contribution in [2.45, 2.75) is 6.92 Å². The Bertz CT molecular complexity index is 545. The van der Waals surface area contributed by atoms with Gasteiger partial charge in [-0.15, -0.1) is 0 Å². The van der Waals surface area contributed by atoms with Gasteiger partial charge < -0.3 is 0 Å². The normalized spacial score (nSPS) is 16.1. The second-order valence-electron chi connectivity index (χ2n) is 3.53. The molecule has 2 rings (SSSR count). The van der Waals surface area contributed by atoms with Gasteiger partial charge in [0.05, 0.1) is 5.69 Å². The number of anilines is 1. The molecular formula is C11H6BrCl2NO2. The SMILES string of the molecule is Cc1ccc(N2C(=O)C(Cl)=C(Cl)C2=O)c(Br)c1. The van der Waals surface area contributed by atoms with Gasteiger partial charge in [-0.2, -0.15) is 0 Å². The van der Waals surface area contributed by atoms with Crippen LogP contribution in [0.3, 0.4) is 0 Å². The first-order valence-electron chi connectivity index (χ1n) is 4.63. The predicted octanol–water partition coefficient (Wildman–Crippen LogP) is 3.32. The van der Waals surface area contributed by atoms with Crippen LogP contribution in [0.1, 0.15) is 5.56 Å². The molecular weight excluding hydrogens is 329 g/mol. The van der Waals surface area contributed by atoms with E-state index in [1.807, 2.05) is 6.92 Å². The third kappa shape index (κ3) is 2.01. The van der Waals surface area contributed by atoms with Crippen molar-refractivity contribution in [1.82, 2.24) is 0 Å². The van der Waals surface area contributed by atoms with E-state index in [1.54, 1.807) is 18.2 Å². The van der Waals surface area contributed by atoms with E-state index in [9.17, 15) is 9.59 Å². The highest BCUT2D eigenvalue weighted by atomic mass is 79.9. The van der Waals surface area contributed by atoms with Crippen molar-refractivity contribution >= 4 is 56.6 Å². The van der Waals surface area contributed by atoms with Gasteiger partial charge >= 0.3 is 0 Å². The Morgan fingerprint density at radius 1 is 1.12 bits per heavy atom. The summed E-state index contributed by atoms with van der Waals surface area (Å²) >= 11 is 14.6. The van der Waals surface area contributed by atoms with Crippen LogP contribution in [0.15, 0.2) is 32.7 Å². The molecule has 0 spiro atoms. The molecule has 3 nitrogen and oxygen atoms in total. The molecule has 0 radical (unpaired) electrons. The Morgan fingerprint density at radius 3 is 2.12 bits per heavy atom. The first-order chi connectivity index (χ1) is 7.93. The van der Waals surface area contributed by atoms with Crippen molar-refractivity contribution < 1.29 is 9.59 Å². The van der Waals surface area contributed by atoms with E-state index >= 15 is 0 Å². The molecule has 1 aromatic rings. The van der Waals surface area contributed by atoms with Crippen LogP contribution < -0.4 is 4.90 Å². The standard InChI is InChI=1S/C11H6BrCl2NO2/c1-5-2-3-7(6(12)4-5)15-10(16)8(13)9(14)11(15)17/h2-4H,1H3. The zero-order chi connectivity index (χ0) is 12.7. The van der Waals surface area contributed by atoms with Crippen molar-refractivity contribution in [3.63, 3.8) is 0 Å². The average Bonchev–Trinajstić information content (AvgIpc) is 2.45. The zero-order valence-corrected chi connectivity index (χ0v) is 11.7. The summed E-state index contributed by atoms with van der Waals surface area (Å²) in [6.07, 6.45) is 0.